The van der Waals surface area contributed by atoms with Gasteiger partial charge in [-0.2, -0.15) is 5.10 Å². The maximum Gasteiger partial charge on any atom is 0.228 e. The van der Waals surface area contributed by atoms with E-state index in [1.54, 1.807) is 36.9 Å². The molecule has 2 N–H and O–H groups in total. The summed E-state index contributed by atoms with van der Waals surface area (Å²) < 4.78 is 5.14. The first-order valence-corrected chi connectivity index (χ1v) is 6.42. The molecule has 0 saturated heterocycles. The Morgan fingerprint density at radius 3 is 3.05 bits per heavy atom. The number of aromatic nitrogens is 4. The molecule has 3 aromatic rings. The lowest BCUT2D eigenvalue weighted by atomic mass is 10.3. The quantitative estimate of drug-likeness (QED) is 0.736. The smallest absolute Gasteiger partial charge is 0.228 e. The lowest BCUT2D eigenvalue weighted by Gasteiger charge is -2.00. The second-order valence-electron chi connectivity index (χ2n) is 4.38. The van der Waals surface area contributed by atoms with Gasteiger partial charge in [0.05, 0.1) is 19.2 Å². The van der Waals surface area contributed by atoms with Crippen LogP contribution >= 0.6 is 0 Å². The van der Waals surface area contributed by atoms with Crippen LogP contribution in [-0.2, 0) is 17.8 Å². The van der Waals surface area contributed by atoms with Gasteiger partial charge in [0.1, 0.15) is 11.6 Å². The second-order valence-corrected chi connectivity index (χ2v) is 4.38. The zero-order valence-electron chi connectivity index (χ0n) is 11.1. The van der Waals surface area contributed by atoms with Crippen molar-refractivity contribution in [3.05, 3.63) is 54.5 Å². The Morgan fingerprint density at radius 2 is 2.29 bits per heavy atom. The highest BCUT2D eigenvalue weighted by molar-refractivity contribution is 5.77. The van der Waals surface area contributed by atoms with Crippen LogP contribution < -0.4 is 5.32 Å². The summed E-state index contributed by atoms with van der Waals surface area (Å²) in [7, 11) is 0. The predicted molar refractivity (Wildman–Crippen MR) is 73.9 cm³/mol. The molecule has 7 nitrogen and oxygen atoms in total. The number of hydrogen-bond acceptors (Lipinski definition) is 5. The highest BCUT2D eigenvalue weighted by Crippen LogP contribution is 2.12. The molecule has 0 saturated carbocycles. The standard InChI is InChI=1S/C14H13N5O2/c20-13(16-9-11-4-2-6-21-11)7-12-17-14(19-18-12)10-3-1-5-15-8-10/h1-6,8H,7,9H2,(H,16,20)(H,17,18,19). The molecule has 7 heteroatoms. The van der Waals surface area contributed by atoms with E-state index in [2.05, 4.69) is 25.5 Å². The van der Waals surface area contributed by atoms with Crippen LogP contribution in [0.2, 0.25) is 0 Å². The van der Waals surface area contributed by atoms with Crippen molar-refractivity contribution in [1.29, 1.82) is 0 Å². The number of carbonyl (C=O) groups is 1. The number of carbonyl (C=O) groups excluding carboxylic acids is 1. The predicted octanol–water partition coefficient (Wildman–Crippen LogP) is 1.32. The number of nitrogens with one attached hydrogen (secondary N) is 2. The van der Waals surface area contributed by atoms with Crippen LogP contribution in [0.3, 0.4) is 0 Å². The Kier molecular flexibility index (Phi) is 3.72. The number of aromatic amines is 1. The average molecular weight is 283 g/mol. The lowest BCUT2D eigenvalue weighted by Crippen LogP contribution is -2.24. The monoisotopic (exact) mass is 283 g/mol. The summed E-state index contributed by atoms with van der Waals surface area (Å²) in [6.07, 6.45) is 5.05. The minimum atomic E-state index is -0.153. The molecule has 0 aliphatic rings. The molecule has 0 bridgehead atoms. The van der Waals surface area contributed by atoms with Crippen LogP contribution in [0.4, 0.5) is 0 Å². The van der Waals surface area contributed by atoms with E-state index in [1.165, 1.54) is 0 Å². The molecular weight excluding hydrogens is 270 g/mol. The fourth-order valence-corrected chi connectivity index (χ4v) is 1.81. The minimum absolute atomic E-state index is 0.133. The van der Waals surface area contributed by atoms with Crippen LogP contribution in [-0.4, -0.2) is 26.1 Å². The zero-order valence-corrected chi connectivity index (χ0v) is 11.1. The van der Waals surface area contributed by atoms with Crippen molar-refractivity contribution in [3.63, 3.8) is 0 Å². The topological polar surface area (TPSA) is 96.7 Å². The van der Waals surface area contributed by atoms with Crippen molar-refractivity contribution in [2.45, 2.75) is 13.0 Å². The molecule has 21 heavy (non-hydrogen) atoms. The normalized spacial score (nSPS) is 10.5. The number of amides is 1. The molecule has 3 rings (SSSR count). The number of rotatable bonds is 5. The van der Waals surface area contributed by atoms with Crippen molar-refractivity contribution in [2.24, 2.45) is 0 Å². The van der Waals surface area contributed by atoms with E-state index in [4.69, 9.17) is 4.42 Å². The zero-order chi connectivity index (χ0) is 14.5. The number of pyridine rings is 1. The molecule has 0 atom stereocenters. The van der Waals surface area contributed by atoms with Crippen LogP contribution in [0.1, 0.15) is 11.6 Å². The second kappa shape index (κ2) is 6.00. The molecule has 0 radical (unpaired) electrons. The SMILES string of the molecule is O=C(Cc1nc(-c2cccnc2)n[nH]1)NCc1ccco1. The van der Waals surface area contributed by atoms with E-state index in [9.17, 15) is 4.79 Å². The summed E-state index contributed by atoms with van der Waals surface area (Å²) in [6.45, 7) is 0.357. The summed E-state index contributed by atoms with van der Waals surface area (Å²) in [6, 6.07) is 7.24. The van der Waals surface area contributed by atoms with Crippen LogP contribution in [0.25, 0.3) is 11.4 Å². The van der Waals surface area contributed by atoms with Gasteiger partial charge in [-0.15, -0.1) is 0 Å². The molecular formula is C14H13N5O2. The van der Waals surface area contributed by atoms with Gasteiger partial charge in [-0.25, -0.2) is 4.98 Å². The van der Waals surface area contributed by atoms with Gasteiger partial charge in [0, 0.05) is 18.0 Å². The molecule has 3 aromatic heterocycles. The molecule has 1 amide bonds. The van der Waals surface area contributed by atoms with Crippen molar-refractivity contribution in [3.8, 4) is 11.4 Å². The number of H-pyrrole nitrogens is 1. The molecule has 0 aromatic carbocycles. The number of hydrogen-bond donors (Lipinski definition) is 2. The van der Waals surface area contributed by atoms with E-state index < -0.39 is 0 Å². The Morgan fingerprint density at radius 1 is 1.33 bits per heavy atom. The van der Waals surface area contributed by atoms with E-state index in [1.807, 2.05) is 6.07 Å². The molecule has 3 heterocycles. The number of furan rings is 1. The minimum Gasteiger partial charge on any atom is -0.467 e. The van der Waals surface area contributed by atoms with Crippen molar-refractivity contribution < 1.29 is 9.21 Å². The van der Waals surface area contributed by atoms with Gasteiger partial charge in [-0.05, 0) is 24.3 Å². The highest BCUT2D eigenvalue weighted by Gasteiger charge is 2.10. The maximum atomic E-state index is 11.8. The summed E-state index contributed by atoms with van der Waals surface area (Å²) in [4.78, 5) is 20.1. The fourth-order valence-electron chi connectivity index (χ4n) is 1.81. The van der Waals surface area contributed by atoms with Gasteiger partial charge in [-0.1, -0.05) is 0 Å². The first kappa shape index (κ1) is 13.0. The molecule has 0 aliphatic carbocycles. The fraction of sp³-hybridized carbons (Fsp3) is 0.143. The Labute approximate surface area is 120 Å². The third-order valence-electron chi connectivity index (χ3n) is 2.82. The summed E-state index contributed by atoms with van der Waals surface area (Å²) in [5.74, 6) is 1.58. The summed E-state index contributed by atoms with van der Waals surface area (Å²) in [5.41, 5.74) is 0.802. The third-order valence-corrected chi connectivity index (χ3v) is 2.82. The average Bonchev–Trinajstić information content (AvgIpc) is 3.17. The first-order chi connectivity index (χ1) is 10.3. The van der Waals surface area contributed by atoms with Crippen molar-refractivity contribution in [1.82, 2.24) is 25.5 Å². The van der Waals surface area contributed by atoms with Crippen molar-refractivity contribution in [2.75, 3.05) is 0 Å². The maximum absolute atomic E-state index is 11.8. The van der Waals surface area contributed by atoms with Gasteiger partial charge in [-0.3, -0.25) is 14.9 Å². The molecule has 0 fully saturated rings. The van der Waals surface area contributed by atoms with Gasteiger partial charge in [0.25, 0.3) is 0 Å². The molecule has 0 spiro atoms. The van der Waals surface area contributed by atoms with Gasteiger partial charge in [0.15, 0.2) is 5.82 Å². The number of nitrogens with zero attached hydrogens (tertiary/aromatic N) is 3. The molecule has 106 valence electrons. The van der Waals surface area contributed by atoms with E-state index >= 15 is 0 Å². The summed E-state index contributed by atoms with van der Waals surface area (Å²) in [5, 5.41) is 9.58. The first-order valence-electron chi connectivity index (χ1n) is 6.42. The van der Waals surface area contributed by atoms with Crippen LogP contribution in [0.15, 0.2) is 47.3 Å². The molecule has 0 unspecified atom stereocenters. The van der Waals surface area contributed by atoms with Gasteiger partial charge < -0.3 is 9.73 Å². The lowest BCUT2D eigenvalue weighted by molar-refractivity contribution is -0.120. The van der Waals surface area contributed by atoms with Crippen LogP contribution in [0.5, 0.6) is 0 Å². The van der Waals surface area contributed by atoms with Crippen molar-refractivity contribution >= 4 is 5.91 Å². The Balaban J connectivity index is 1.58. The van der Waals surface area contributed by atoms with Crippen LogP contribution in [0, 0.1) is 0 Å². The van der Waals surface area contributed by atoms with Gasteiger partial charge in [0.2, 0.25) is 5.91 Å². The largest absolute Gasteiger partial charge is 0.467 e. The Bertz CT molecular complexity index is 706. The summed E-state index contributed by atoms with van der Waals surface area (Å²) >= 11 is 0. The van der Waals surface area contributed by atoms with Gasteiger partial charge >= 0.3 is 0 Å². The van der Waals surface area contributed by atoms with E-state index in [0.717, 1.165) is 5.56 Å². The van der Waals surface area contributed by atoms with E-state index in [0.29, 0.717) is 24.0 Å². The Hall–Kier alpha value is -2.96. The molecule has 0 aliphatic heterocycles. The highest BCUT2D eigenvalue weighted by atomic mass is 16.3. The third kappa shape index (κ3) is 3.33. The van der Waals surface area contributed by atoms with E-state index in [-0.39, 0.29) is 12.3 Å².